The molecule has 0 radical (unpaired) electrons. The number of carbonyl (C=O) groups is 1. The highest BCUT2D eigenvalue weighted by Crippen LogP contribution is 2.24. The van der Waals surface area contributed by atoms with Crippen LogP contribution < -0.4 is 11.1 Å². The number of benzene rings is 1. The van der Waals surface area contributed by atoms with Crippen molar-refractivity contribution in [2.45, 2.75) is 52.2 Å². The maximum absolute atomic E-state index is 11.7. The minimum atomic E-state index is -0.534. The van der Waals surface area contributed by atoms with Gasteiger partial charge < -0.3 is 10.5 Å². The maximum Gasteiger partial charge on any atom is 0.412 e. The van der Waals surface area contributed by atoms with Gasteiger partial charge in [-0.15, -0.1) is 0 Å². The molecule has 1 aromatic carbocycles. The summed E-state index contributed by atoms with van der Waals surface area (Å²) in [5, 5.41) is 3.14. The number of nitrogens with one attached hydrogen (secondary N) is 1. The van der Waals surface area contributed by atoms with E-state index in [9.17, 15) is 4.79 Å². The third-order valence-corrected chi connectivity index (χ3v) is 2.87. The summed E-state index contributed by atoms with van der Waals surface area (Å²) in [5.41, 5.74) is 6.84. The van der Waals surface area contributed by atoms with Crippen molar-refractivity contribution in [3.05, 3.63) is 28.8 Å². The molecule has 0 unspecified atom stereocenters. The number of nitrogens with two attached hydrogens (primary N) is 1. The molecule has 4 nitrogen and oxygen atoms in total. The van der Waals surface area contributed by atoms with E-state index < -0.39 is 11.7 Å². The van der Waals surface area contributed by atoms with Crippen molar-refractivity contribution in [2.75, 3.05) is 5.32 Å². The summed E-state index contributed by atoms with van der Waals surface area (Å²) in [6.45, 7) is 7.40. The molecule has 0 fully saturated rings. The predicted octanol–water partition coefficient (Wildman–Crippen LogP) is 3.97. The van der Waals surface area contributed by atoms with Crippen LogP contribution in [-0.2, 0) is 11.2 Å². The molecule has 0 bridgehead atoms. The highest BCUT2D eigenvalue weighted by molar-refractivity contribution is 6.33. The summed E-state index contributed by atoms with van der Waals surface area (Å²) in [6.07, 6.45) is 1.25. The Morgan fingerprint density at radius 3 is 2.60 bits per heavy atom. The Hall–Kier alpha value is -1.26. The van der Waals surface area contributed by atoms with Crippen LogP contribution in [0.3, 0.4) is 0 Å². The fourth-order valence-corrected chi connectivity index (χ4v) is 1.87. The summed E-state index contributed by atoms with van der Waals surface area (Å²) in [4.78, 5) is 11.7. The molecule has 1 amide bonds. The predicted molar refractivity (Wildman–Crippen MR) is 83.3 cm³/mol. The van der Waals surface area contributed by atoms with Crippen LogP contribution in [0.5, 0.6) is 0 Å². The summed E-state index contributed by atoms with van der Waals surface area (Å²) < 4.78 is 5.18. The molecular weight excluding hydrogens is 276 g/mol. The first-order valence-corrected chi connectivity index (χ1v) is 7.09. The molecule has 1 rings (SSSR count). The number of anilines is 1. The highest BCUT2D eigenvalue weighted by atomic mass is 35.5. The molecule has 0 aliphatic rings. The van der Waals surface area contributed by atoms with Crippen molar-refractivity contribution >= 4 is 23.4 Å². The smallest absolute Gasteiger partial charge is 0.412 e. The normalized spacial score (nSPS) is 12.9. The molecule has 0 saturated carbocycles. The molecule has 20 heavy (non-hydrogen) atoms. The molecule has 1 aromatic rings. The van der Waals surface area contributed by atoms with Gasteiger partial charge in [0.15, 0.2) is 0 Å². The molecule has 3 N–H and O–H groups in total. The zero-order chi connectivity index (χ0) is 15.3. The number of hydrogen-bond acceptors (Lipinski definition) is 3. The Morgan fingerprint density at radius 1 is 1.45 bits per heavy atom. The second kappa shape index (κ2) is 6.95. The number of halogens is 1. The van der Waals surface area contributed by atoms with Crippen molar-refractivity contribution in [2.24, 2.45) is 5.73 Å². The van der Waals surface area contributed by atoms with E-state index in [2.05, 4.69) is 5.32 Å². The fraction of sp³-hybridized carbons (Fsp3) is 0.533. The molecule has 0 saturated heterocycles. The van der Waals surface area contributed by atoms with Gasteiger partial charge in [0.05, 0.1) is 10.7 Å². The molecule has 0 aliphatic carbocycles. The largest absolute Gasteiger partial charge is 0.444 e. The lowest BCUT2D eigenvalue weighted by molar-refractivity contribution is 0.0636. The average molecular weight is 299 g/mol. The van der Waals surface area contributed by atoms with E-state index >= 15 is 0 Å². The lowest BCUT2D eigenvalue weighted by Crippen LogP contribution is -2.27. The van der Waals surface area contributed by atoms with Crippen LogP contribution in [-0.4, -0.2) is 17.7 Å². The topological polar surface area (TPSA) is 64.3 Å². The monoisotopic (exact) mass is 298 g/mol. The Kier molecular flexibility index (Phi) is 5.84. The highest BCUT2D eigenvalue weighted by Gasteiger charge is 2.17. The first-order valence-electron chi connectivity index (χ1n) is 6.71. The molecule has 0 spiro atoms. The zero-order valence-electron chi connectivity index (χ0n) is 12.5. The lowest BCUT2D eigenvalue weighted by Gasteiger charge is -2.20. The Balaban J connectivity index is 2.66. The summed E-state index contributed by atoms with van der Waals surface area (Å²) in [6, 6.07) is 5.72. The first-order chi connectivity index (χ1) is 9.17. The number of amides is 1. The van der Waals surface area contributed by atoms with Crippen LogP contribution >= 0.6 is 11.6 Å². The van der Waals surface area contributed by atoms with Gasteiger partial charge in [-0.25, -0.2) is 4.79 Å². The van der Waals surface area contributed by atoms with E-state index in [4.69, 9.17) is 22.1 Å². The van der Waals surface area contributed by atoms with E-state index in [1.54, 1.807) is 6.07 Å². The third-order valence-electron chi connectivity index (χ3n) is 2.56. The number of hydrogen-bond donors (Lipinski definition) is 2. The molecule has 112 valence electrons. The number of rotatable bonds is 4. The summed E-state index contributed by atoms with van der Waals surface area (Å²) >= 11 is 6.16. The van der Waals surface area contributed by atoms with Gasteiger partial charge in [-0.05, 0) is 58.2 Å². The van der Waals surface area contributed by atoms with E-state index in [1.165, 1.54) is 0 Å². The maximum atomic E-state index is 11.7. The van der Waals surface area contributed by atoms with Crippen LogP contribution in [0.4, 0.5) is 10.5 Å². The van der Waals surface area contributed by atoms with Crippen LogP contribution in [0.2, 0.25) is 5.02 Å². The van der Waals surface area contributed by atoms with Crippen molar-refractivity contribution in [1.82, 2.24) is 0 Å². The Morgan fingerprint density at radius 2 is 2.10 bits per heavy atom. The van der Waals surface area contributed by atoms with Gasteiger partial charge in [0.25, 0.3) is 0 Å². The Bertz CT molecular complexity index is 467. The fourth-order valence-electron chi connectivity index (χ4n) is 1.62. The molecule has 0 heterocycles. The van der Waals surface area contributed by atoms with Gasteiger partial charge in [-0.1, -0.05) is 17.7 Å². The minimum Gasteiger partial charge on any atom is -0.444 e. The van der Waals surface area contributed by atoms with Gasteiger partial charge in [0, 0.05) is 6.04 Å². The van der Waals surface area contributed by atoms with Gasteiger partial charge in [-0.2, -0.15) is 0 Å². The van der Waals surface area contributed by atoms with Crippen LogP contribution in [0.1, 0.15) is 39.7 Å². The standard InChI is InChI=1S/C15H23ClN2O2/c1-10(17)5-6-11-7-8-13(12(16)9-11)18-14(19)20-15(2,3)4/h7-10H,5-6,17H2,1-4H3,(H,18,19)/t10-/m0/s1. The van der Waals surface area contributed by atoms with E-state index in [-0.39, 0.29) is 6.04 Å². The summed E-state index contributed by atoms with van der Waals surface area (Å²) in [7, 11) is 0. The van der Waals surface area contributed by atoms with Gasteiger partial charge in [-0.3, -0.25) is 5.32 Å². The first kappa shape index (κ1) is 16.8. The number of carbonyl (C=O) groups excluding carboxylic acids is 1. The van der Waals surface area contributed by atoms with E-state index in [0.717, 1.165) is 18.4 Å². The quantitative estimate of drug-likeness (QED) is 0.884. The van der Waals surface area contributed by atoms with Gasteiger partial charge >= 0.3 is 6.09 Å². The number of aryl methyl sites for hydroxylation is 1. The lowest BCUT2D eigenvalue weighted by atomic mass is 10.1. The molecule has 0 aromatic heterocycles. The van der Waals surface area contributed by atoms with Crippen molar-refractivity contribution < 1.29 is 9.53 Å². The molecule has 0 aliphatic heterocycles. The molecule has 5 heteroatoms. The van der Waals surface area contributed by atoms with Gasteiger partial charge in [0.2, 0.25) is 0 Å². The van der Waals surface area contributed by atoms with Crippen molar-refractivity contribution in [3.63, 3.8) is 0 Å². The van der Waals surface area contributed by atoms with Crippen LogP contribution in [0.25, 0.3) is 0 Å². The van der Waals surface area contributed by atoms with Crippen LogP contribution in [0.15, 0.2) is 18.2 Å². The SMILES string of the molecule is C[C@H](N)CCc1ccc(NC(=O)OC(C)(C)C)c(Cl)c1. The van der Waals surface area contributed by atoms with Gasteiger partial charge in [0.1, 0.15) is 5.60 Å². The molecular formula is C15H23ClN2O2. The number of ether oxygens (including phenoxy) is 1. The second-order valence-electron chi connectivity index (χ2n) is 5.96. The minimum absolute atomic E-state index is 0.161. The third kappa shape index (κ3) is 6.26. The van der Waals surface area contributed by atoms with Crippen molar-refractivity contribution in [1.29, 1.82) is 0 Å². The van der Waals surface area contributed by atoms with E-state index in [0.29, 0.717) is 10.7 Å². The van der Waals surface area contributed by atoms with Crippen LogP contribution in [0, 0.1) is 0 Å². The zero-order valence-corrected chi connectivity index (χ0v) is 13.3. The second-order valence-corrected chi connectivity index (χ2v) is 6.36. The average Bonchev–Trinajstić information content (AvgIpc) is 2.27. The molecule has 1 atom stereocenters. The Labute approximate surface area is 125 Å². The van der Waals surface area contributed by atoms with E-state index in [1.807, 2.05) is 39.8 Å². The summed E-state index contributed by atoms with van der Waals surface area (Å²) in [5.74, 6) is 0. The van der Waals surface area contributed by atoms with Crippen molar-refractivity contribution in [3.8, 4) is 0 Å².